The Bertz CT molecular complexity index is 955. The molecule has 2 amide bonds. The van der Waals surface area contributed by atoms with Gasteiger partial charge in [-0.25, -0.2) is 0 Å². The van der Waals surface area contributed by atoms with Gasteiger partial charge in [-0.2, -0.15) is 0 Å². The van der Waals surface area contributed by atoms with Crippen molar-refractivity contribution in [3.8, 4) is 0 Å². The van der Waals surface area contributed by atoms with E-state index in [9.17, 15) is 9.59 Å². The fourth-order valence-electron chi connectivity index (χ4n) is 3.39. The Hall–Kier alpha value is -2.73. The molecule has 0 radical (unpaired) electrons. The lowest BCUT2D eigenvalue weighted by atomic mass is 10.1. The van der Waals surface area contributed by atoms with Crippen molar-refractivity contribution in [3.63, 3.8) is 0 Å². The van der Waals surface area contributed by atoms with Gasteiger partial charge >= 0.3 is 0 Å². The highest BCUT2D eigenvalue weighted by Crippen LogP contribution is 2.24. The Labute approximate surface area is 164 Å². The van der Waals surface area contributed by atoms with Crippen molar-refractivity contribution in [1.82, 2.24) is 9.88 Å². The number of carbonyl (C=O) groups excluding carboxylic acids is 2. The Morgan fingerprint density at radius 2 is 1.78 bits per heavy atom. The summed E-state index contributed by atoms with van der Waals surface area (Å²) in [6, 6.07) is 9.60. The normalized spacial score (nSPS) is 16.2. The molecule has 2 aromatic rings. The van der Waals surface area contributed by atoms with Crippen molar-refractivity contribution in [2.75, 3.05) is 4.90 Å². The maximum Gasteiger partial charge on any atom is 0.270 e. The highest BCUT2D eigenvalue weighted by molar-refractivity contribution is 7.80. The van der Waals surface area contributed by atoms with Crippen LogP contribution in [0.1, 0.15) is 36.4 Å². The number of thiocarbonyl (C=S) groups is 1. The molecule has 1 N–H and O–H groups in total. The number of carbonyl (C=O) groups is 2. The van der Waals surface area contributed by atoms with Crippen LogP contribution < -0.4 is 10.2 Å². The standard InChI is InChI=1S/C21H23N3O2S/c1-5-15-7-9-17(10-8-15)24-20(26)18(19(25)22-21(24)27)12-16-11-13(3)23(6-2)14(16)4/h7-12H,5-6H2,1-4H3,(H,22,25,27). The summed E-state index contributed by atoms with van der Waals surface area (Å²) in [7, 11) is 0. The van der Waals surface area contributed by atoms with Gasteiger partial charge < -0.3 is 4.57 Å². The van der Waals surface area contributed by atoms with E-state index in [-0.39, 0.29) is 10.7 Å². The van der Waals surface area contributed by atoms with Crippen LogP contribution in [0.4, 0.5) is 5.69 Å². The third-order valence-electron chi connectivity index (χ3n) is 4.93. The van der Waals surface area contributed by atoms with E-state index in [2.05, 4.69) is 23.7 Å². The largest absolute Gasteiger partial charge is 0.349 e. The highest BCUT2D eigenvalue weighted by Gasteiger charge is 2.34. The molecule has 1 fully saturated rings. The van der Waals surface area contributed by atoms with Crippen LogP contribution in [0, 0.1) is 13.8 Å². The summed E-state index contributed by atoms with van der Waals surface area (Å²) < 4.78 is 2.14. The molecule has 2 heterocycles. The van der Waals surface area contributed by atoms with Gasteiger partial charge in [0.25, 0.3) is 11.8 Å². The average Bonchev–Trinajstić information content (AvgIpc) is 2.91. The molecule has 1 aromatic carbocycles. The van der Waals surface area contributed by atoms with Crippen molar-refractivity contribution in [3.05, 3.63) is 58.4 Å². The fraction of sp³-hybridized carbons (Fsp3) is 0.286. The highest BCUT2D eigenvalue weighted by atomic mass is 32.1. The van der Waals surface area contributed by atoms with Gasteiger partial charge in [0.2, 0.25) is 0 Å². The van der Waals surface area contributed by atoms with Crippen LogP contribution in [0.15, 0.2) is 35.9 Å². The van der Waals surface area contributed by atoms with Crippen molar-refractivity contribution < 1.29 is 9.59 Å². The zero-order chi connectivity index (χ0) is 19.7. The van der Waals surface area contributed by atoms with Gasteiger partial charge in [0.15, 0.2) is 5.11 Å². The minimum atomic E-state index is -0.465. The minimum Gasteiger partial charge on any atom is -0.349 e. The molecule has 0 bridgehead atoms. The Kier molecular flexibility index (Phi) is 5.28. The van der Waals surface area contributed by atoms with Gasteiger partial charge in [-0.3, -0.25) is 19.8 Å². The van der Waals surface area contributed by atoms with E-state index in [1.807, 2.05) is 44.2 Å². The number of nitrogens with zero attached hydrogens (tertiary/aromatic N) is 2. The summed E-state index contributed by atoms with van der Waals surface area (Å²) in [6.45, 7) is 8.97. The Morgan fingerprint density at radius 1 is 1.11 bits per heavy atom. The molecule has 0 aliphatic carbocycles. The van der Waals surface area contributed by atoms with Gasteiger partial charge in [-0.15, -0.1) is 0 Å². The molecule has 0 atom stereocenters. The van der Waals surface area contributed by atoms with E-state index >= 15 is 0 Å². The molecular weight excluding hydrogens is 358 g/mol. The first-order valence-electron chi connectivity index (χ1n) is 9.04. The van der Waals surface area contributed by atoms with Crippen LogP contribution in [-0.2, 0) is 22.6 Å². The van der Waals surface area contributed by atoms with Crippen molar-refractivity contribution in [1.29, 1.82) is 0 Å². The summed E-state index contributed by atoms with van der Waals surface area (Å²) in [5, 5.41) is 2.74. The van der Waals surface area contributed by atoms with Crippen molar-refractivity contribution in [2.45, 2.75) is 40.7 Å². The number of aryl methyl sites for hydroxylation is 2. The van der Waals surface area contributed by atoms with E-state index in [0.717, 1.165) is 29.9 Å². The first-order chi connectivity index (χ1) is 12.9. The molecular formula is C21H23N3O2S. The second-order valence-electron chi connectivity index (χ2n) is 6.55. The maximum absolute atomic E-state index is 13.1. The lowest BCUT2D eigenvalue weighted by molar-refractivity contribution is -0.122. The summed E-state index contributed by atoms with van der Waals surface area (Å²) in [6.07, 6.45) is 2.56. The van der Waals surface area contributed by atoms with E-state index in [0.29, 0.717) is 5.69 Å². The fourth-order valence-corrected chi connectivity index (χ4v) is 3.67. The molecule has 0 unspecified atom stereocenters. The predicted molar refractivity (Wildman–Crippen MR) is 112 cm³/mol. The quantitative estimate of drug-likeness (QED) is 0.501. The number of rotatable bonds is 4. The van der Waals surface area contributed by atoms with Crippen molar-refractivity contribution >= 4 is 40.9 Å². The number of hydrogen-bond acceptors (Lipinski definition) is 3. The number of hydrogen-bond donors (Lipinski definition) is 1. The van der Waals surface area contributed by atoms with E-state index in [1.165, 1.54) is 10.5 Å². The Morgan fingerprint density at radius 3 is 2.33 bits per heavy atom. The number of anilines is 1. The summed E-state index contributed by atoms with van der Waals surface area (Å²) in [5.41, 5.74) is 4.87. The molecule has 27 heavy (non-hydrogen) atoms. The first-order valence-corrected chi connectivity index (χ1v) is 9.45. The topological polar surface area (TPSA) is 54.3 Å². The third-order valence-corrected chi connectivity index (χ3v) is 5.22. The van der Waals surface area contributed by atoms with Gasteiger partial charge in [-0.1, -0.05) is 19.1 Å². The van der Waals surface area contributed by atoms with Crippen LogP contribution in [0.25, 0.3) is 6.08 Å². The molecule has 1 aromatic heterocycles. The molecule has 1 aliphatic heterocycles. The van der Waals surface area contributed by atoms with Crippen molar-refractivity contribution in [2.24, 2.45) is 0 Å². The summed E-state index contributed by atoms with van der Waals surface area (Å²) >= 11 is 5.25. The zero-order valence-corrected chi connectivity index (χ0v) is 16.8. The minimum absolute atomic E-state index is 0.0829. The van der Waals surface area contributed by atoms with Crippen LogP contribution in [0.3, 0.4) is 0 Å². The third kappa shape index (κ3) is 3.45. The molecule has 0 saturated carbocycles. The van der Waals surface area contributed by atoms with Gasteiger partial charge in [0, 0.05) is 17.9 Å². The first kappa shape index (κ1) is 19.0. The lowest BCUT2D eigenvalue weighted by Gasteiger charge is -2.29. The van der Waals surface area contributed by atoms with E-state index < -0.39 is 11.8 Å². The summed E-state index contributed by atoms with van der Waals surface area (Å²) in [4.78, 5) is 26.9. The smallest absolute Gasteiger partial charge is 0.270 e. The SMILES string of the molecule is CCc1ccc(N2C(=O)C(=Cc3cc(C)n(CC)c3C)C(=O)NC2=S)cc1. The average molecular weight is 382 g/mol. The summed E-state index contributed by atoms with van der Waals surface area (Å²) in [5.74, 6) is -0.873. The van der Waals surface area contributed by atoms with Gasteiger partial charge in [0.05, 0.1) is 5.69 Å². The maximum atomic E-state index is 13.1. The zero-order valence-electron chi connectivity index (χ0n) is 16.0. The number of amides is 2. The molecule has 1 aliphatic rings. The van der Waals surface area contributed by atoms with Gasteiger partial charge in [-0.05, 0) is 74.8 Å². The lowest BCUT2D eigenvalue weighted by Crippen LogP contribution is -2.54. The molecule has 3 rings (SSSR count). The van der Waals surface area contributed by atoms with Gasteiger partial charge in [0.1, 0.15) is 5.57 Å². The molecule has 5 nitrogen and oxygen atoms in total. The van der Waals surface area contributed by atoms with Crippen LogP contribution >= 0.6 is 12.2 Å². The Balaban J connectivity index is 2.02. The van der Waals surface area contributed by atoms with Crippen LogP contribution in [-0.4, -0.2) is 21.5 Å². The molecule has 6 heteroatoms. The van der Waals surface area contributed by atoms with E-state index in [4.69, 9.17) is 12.2 Å². The number of aromatic nitrogens is 1. The second-order valence-corrected chi connectivity index (χ2v) is 6.94. The predicted octanol–water partition coefficient (Wildman–Crippen LogP) is 3.52. The molecule has 140 valence electrons. The monoisotopic (exact) mass is 381 g/mol. The number of benzene rings is 1. The molecule has 0 spiro atoms. The van der Waals surface area contributed by atoms with E-state index in [1.54, 1.807) is 6.08 Å². The van der Waals surface area contributed by atoms with Crippen LogP contribution in [0.5, 0.6) is 0 Å². The number of nitrogens with one attached hydrogen (secondary N) is 1. The van der Waals surface area contributed by atoms with Crippen LogP contribution in [0.2, 0.25) is 0 Å². The molecule has 1 saturated heterocycles. The second kappa shape index (κ2) is 7.48.